The van der Waals surface area contributed by atoms with Crippen molar-refractivity contribution in [1.29, 1.82) is 0 Å². The monoisotopic (exact) mass is 282 g/mol. The van der Waals surface area contributed by atoms with Gasteiger partial charge in [0.05, 0.1) is 6.10 Å². The van der Waals surface area contributed by atoms with E-state index in [1.807, 2.05) is 11.8 Å². The van der Waals surface area contributed by atoms with Crippen LogP contribution in [0, 0.1) is 0 Å². The molecule has 1 heterocycles. The summed E-state index contributed by atoms with van der Waals surface area (Å²) in [5.74, 6) is 0.0586. The first-order valence-corrected chi connectivity index (χ1v) is 7.73. The predicted octanol–water partition coefficient (Wildman–Crippen LogP) is 1.46. The molecular formula is C15H26N2O3. The molecule has 4 unspecified atom stereocenters. The highest BCUT2D eigenvalue weighted by Crippen LogP contribution is 2.29. The number of nitrogens with zero attached hydrogens (tertiary/aromatic N) is 1. The molecule has 0 aromatic heterocycles. The Hall–Kier alpha value is -1.10. The van der Waals surface area contributed by atoms with E-state index in [0.29, 0.717) is 0 Å². The molecule has 1 saturated heterocycles. The van der Waals surface area contributed by atoms with E-state index in [-0.39, 0.29) is 30.0 Å². The minimum absolute atomic E-state index is 0.00140. The largest absolute Gasteiger partial charge is 0.381 e. The summed E-state index contributed by atoms with van der Waals surface area (Å²) in [6, 6.07) is -0.561. The van der Waals surface area contributed by atoms with Gasteiger partial charge in [0.1, 0.15) is 12.1 Å². The van der Waals surface area contributed by atoms with Gasteiger partial charge in [0.2, 0.25) is 11.8 Å². The van der Waals surface area contributed by atoms with Gasteiger partial charge in [0.15, 0.2) is 0 Å². The summed E-state index contributed by atoms with van der Waals surface area (Å²) < 4.78 is 5.46. The molecule has 4 atom stereocenters. The third-order valence-corrected chi connectivity index (χ3v) is 4.51. The standard InChI is InChI=1S/C15H26N2O3/c1-4-6-13-14(18)16-10(2)15(19)17(13)11-7-5-8-12(9-11)20-3/h10-13H,4-9H2,1-3H3,(H,16,18). The average Bonchev–Trinajstić information content (AvgIpc) is 2.45. The van der Waals surface area contributed by atoms with Gasteiger partial charge >= 0.3 is 0 Å². The molecule has 5 heteroatoms. The van der Waals surface area contributed by atoms with Gasteiger partial charge in [0, 0.05) is 13.2 Å². The molecule has 2 rings (SSSR count). The number of carbonyl (C=O) groups excluding carboxylic acids is 2. The Morgan fingerprint density at radius 3 is 2.75 bits per heavy atom. The molecular weight excluding hydrogens is 256 g/mol. The number of hydrogen-bond acceptors (Lipinski definition) is 3. The number of piperazine rings is 1. The van der Waals surface area contributed by atoms with Crippen molar-refractivity contribution in [1.82, 2.24) is 10.2 Å². The second kappa shape index (κ2) is 6.57. The third kappa shape index (κ3) is 2.97. The molecule has 1 N–H and O–H groups in total. The summed E-state index contributed by atoms with van der Waals surface area (Å²) in [5.41, 5.74) is 0. The van der Waals surface area contributed by atoms with Crippen LogP contribution in [0.4, 0.5) is 0 Å². The molecule has 2 amide bonds. The molecule has 0 aromatic rings. The smallest absolute Gasteiger partial charge is 0.245 e. The number of carbonyl (C=O) groups is 2. The second-order valence-electron chi connectivity index (χ2n) is 5.96. The molecule has 0 radical (unpaired) electrons. The third-order valence-electron chi connectivity index (χ3n) is 4.51. The quantitative estimate of drug-likeness (QED) is 0.849. The van der Waals surface area contributed by atoms with Crippen LogP contribution in [0.3, 0.4) is 0 Å². The average molecular weight is 282 g/mol. The van der Waals surface area contributed by atoms with Crippen LogP contribution in [0.5, 0.6) is 0 Å². The molecule has 2 aliphatic rings. The van der Waals surface area contributed by atoms with Gasteiger partial charge in [-0.25, -0.2) is 0 Å². The highest BCUT2D eigenvalue weighted by Gasteiger charge is 2.42. The molecule has 1 aliphatic carbocycles. The Labute approximate surface area is 121 Å². The highest BCUT2D eigenvalue weighted by molar-refractivity contribution is 5.96. The van der Waals surface area contributed by atoms with E-state index >= 15 is 0 Å². The van der Waals surface area contributed by atoms with Crippen molar-refractivity contribution < 1.29 is 14.3 Å². The van der Waals surface area contributed by atoms with Crippen molar-refractivity contribution in [2.24, 2.45) is 0 Å². The normalized spacial score (nSPS) is 35.0. The van der Waals surface area contributed by atoms with Gasteiger partial charge in [-0.3, -0.25) is 9.59 Å². The summed E-state index contributed by atoms with van der Waals surface area (Å²) in [4.78, 5) is 26.6. The van der Waals surface area contributed by atoms with Gasteiger partial charge < -0.3 is 15.0 Å². The first-order valence-electron chi connectivity index (χ1n) is 7.73. The Morgan fingerprint density at radius 2 is 2.10 bits per heavy atom. The zero-order valence-corrected chi connectivity index (χ0v) is 12.7. The molecule has 20 heavy (non-hydrogen) atoms. The number of ether oxygens (including phenoxy) is 1. The van der Waals surface area contributed by atoms with E-state index in [1.165, 1.54) is 0 Å². The fourth-order valence-corrected chi connectivity index (χ4v) is 3.44. The van der Waals surface area contributed by atoms with Crippen LogP contribution in [0.1, 0.15) is 52.4 Å². The van der Waals surface area contributed by atoms with E-state index < -0.39 is 6.04 Å². The van der Waals surface area contributed by atoms with Gasteiger partial charge in [-0.05, 0) is 39.0 Å². The van der Waals surface area contributed by atoms with Crippen molar-refractivity contribution in [2.75, 3.05) is 7.11 Å². The molecule has 1 aliphatic heterocycles. The SMILES string of the molecule is CCCC1C(=O)NC(C)C(=O)N1C1CCCC(OC)C1. The predicted molar refractivity (Wildman–Crippen MR) is 76.2 cm³/mol. The summed E-state index contributed by atoms with van der Waals surface area (Å²) in [7, 11) is 1.73. The molecule has 2 fully saturated rings. The van der Waals surface area contributed by atoms with Gasteiger partial charge in [0.25, 0.3) is 0 Å². The summed E-state index contributed by atoms with van der Waals surface area (Å²) >= 11 is 0. The first-order chi connectivity index (χ1) is 9.58. The summed E-state index contributed by atoms with van der Waals surface area (Å²) in [6.07, 6.45) is 5.78. The number of rotatable bonds is 4. The van der Waals surface area contributed by atoms with Gasteiger partial charge in [-0.2, -0.15) is 0 Å². The maximum Gasteiger partial charge on any atom is 0.245 e. The van der Waals surface area contributed by atoms with Crippen molar-refractivity contribution in [3.63, 3.8) is 0 Å². The van der Waals surface area contributed by atoms with Crippen molar-refractivity contribution >= 4 is 11.8 Å². The maximum absolute atomic E-state index is 12.5. The Morgan fingerprint density at radius 1 is 1.35 bits per heavy atom. The Kier molecular flexibility index (Phi) is 5.02. The topological polar surface area (TPSA) is 58.6 Å². The zero-order valence-electron chi connectivity index (χ0n) is 12.7. The fourth-order valence-electron chi connectivity index (χ4n) is 3.44. The number of hydrogen-bond donors (Lipinski definition) is 1. The van der Waals surface area contributed by atoms with Crippen LogP contribution in [0.2, 0.25) is 0 Å². The van der Waals surface area contributed by atoms with Crippen LogP contribution in [-0.4, -0.2) is 48.1 Å². The van der Waals surface area contributed by atoms with Gasteiger partial charge in [-0.1, -0.05) is 13.3 Å². The van der Waals surface area contributed by atoms with Crippen molar-refractivity contribution in [2.45, 2.75) is 76.6 Å². The molecule has 0 bridgehead atoms. The first kappa shape index (κ1) is 15.3. The minimum atomic E-state index is -0.404. The molecule has 5 nitrogen and oxygen atoms in total. The van der Waals surface area contributed by atoms with Crippen molar-refractivity contribution in [3.05, 3.63) is 0 Å². The van der Waals surface area contributed by atoms with Crippen LogP contribution in [0.25, 0.3) is 0 Å². The molecule has 114 valence electrons. The van der Waals surface area contributed by atoms with Gasteiger partial charge in [-0.15, -0.1) is 0 Å². The lowest BCUT2D eigenvalue weighted by Gasteiger charge is -2.45. The summed E-state index contributed by atoms with van der Waals surface area (Å²) in [5, 5.41) is 2.80. The minimum Gasteiger partial charge on any atom is -0.381 e. The lowest BCUT2D eigenvalue weighted by atomic mass is 9.88. The van der Waals surface area contributed by atoms with E-state index in [9.17, 15) is 9.59 Å². The van der Waals surface area contributed by atoms with Crippen molar-refractivity contribution in [3.8, 4) is 0 Å². The molecule has 1 saturated carbocycles. The maximum atomic E-state index is 12.5. The van der Waals surface area contributed by atoms with E-state index in [2.05, 4.69) is 5.32 Å². The summed E-state index contributed by atoms with van der Waals surface area (Å²) in [6.45, 7) is 3.82. The van der Waals surface area contributed by atoms with Crippen LogP contribution in [-0.2, 0) is 14.3 Å². The zero-order chi connectivity index (χ0) is 14.7. The number of nitrogens with one attached hydrogen (secondary N) is 1. The van der Waals surface area contributed by atoms with E-state index in [0.717, 1.165) is 38.5 Å². The second-order valence-corrected chi connectivity index (χ2v) is 5.96. The lowest BCUT2D eigenvalue weighted by Crippen LogP contribution is -2.65. The number of methoxy groups -OCH3 is 1. The Balaban J connectivity index is 2.18. The Bertz CT molecular complexity index is 372. The molecule has 0 spiro atoms. The fraction of sp³-hybridized carbons (Fsp3) is 0.867. The highest BCUT2D eigenvalue weighted by atomic mass is 16.5. The van der Waals surface area contributed by atoms with E-state index in [1.54, 1.807) is 14.0 Å². The van der Waals surface area contributed by atoms with Crippen LogP contribution >= 0.6 is 0 Å². The lowest BCUT2D eigenvalue weighted by molar-refractivity contribution is -0.153. The number of amides is 2. The van der Waals surface area contributed by atoms with Crippen LogP contribution in [0.15, 0.2) is 0 Å². The van der Waals surface area contributed by atoms with Crippen LogP contribution < -0.4 is 5.32 Å². The molecule has 0 aromatic carbocycles. The van der Waals surface area contributed by atoms with E-state index in [4.69, 9.17) is 4.74 Å².